The van der Waals surface area contributed by atoms with Gasteiger partial charge in [0.05, 0.1) is 39.6 Å². The molecule has 0 aromatic carbocycles. The van der Waals surface area contributed by atoms with E-state index in [0.717, 1.165) is 0 Å². The number of carboxylic acid groups (broad SMARTS) is 1. The zero-order chi connectivity index (χ0) is 37.3. The smallest absolute Gasteiger partial charge is 0.303 e. The van der Waals surface area contributed by atoms with Crippen molar-refractivity contribution in [1.82, 2.24) is 5.32 Å². The van der Waals surface area contributed by atoms with Gasteiger partial charge in [-0.2, -0.15) is 0 Å². The number of aliphatic hydroxyl groups excluding tert-OH is 12. The third-order valence-electron chi connectivity index (χ3n) is 8.57. The molecule has 50 heavy (non-hydrogen) atoms. The molecule has 0 aliphatic carbocycles. The first-order valence-electron chi connectivity index (χ1n) is 15.9. The standard InChI is InChI=1S/C28H49NO21/c30-5-11-16(36)19(39)22(42)25(48-11)45-8-28(29-14(33)3-1-2-4-15(34)35,9-46-26-23(43)20(40)17(37)12(6-31)49-26)10-47-27-24(44)21(41)18(38)13(7-32)50-27/h11-13,16-27,30-32,36-44H,1-10H2,(H,29,33)(H,34,35)/t11-,12-,13-,16-,17-,18-,19+,20+,21+,22+,23+,24+,25+,26+,27+/m1/s1. The molecule has 3 rings (SSSR count). The summed E-state index contributed by atoms with van der Waals surface area (Å²) in [5.41, 5.74) is -2.04. The maximum Gasteiger partial charge on any atom is 0.303 e. The van der Waals surface area contributed by atoms with Crippen molar-refractivity contribution in [1.29, 1.82) is 0 Å². The molecule has 0 spiro atoms. The lowest BCUT2D eigenvalue weighted by Crippen LogP contribution is -2.65. The van der Waals surface area contributed by atoms with Gasteiger partial charge in [0.15, 0.2) is 18.9 Å². The van der Waals surface area contributed by atoms with Crippen molar-refractivity contribution in [2.75, 3.05) is 39.6 Å². The van der Waals surface area contributed by atoms with E-state index in [1.165, 1.54) is 0 Å². The third-order valence-corrected chi connectivity index (χ3v) is 8.57. The summed E-state index contributed by atoms with van der Waals surface area (Å²) in [5.74, 6) is -1.88. The number of hydrogen-bond donors (Lipinski definition) is 14. The Morgan fingerprint density at radius 3 is 1.14 bits per heavy atom. The Bertz CT molecular complexity index is 953. The highest BCUT2D eigenvalue weighted by Crippen LogP contribution is 2.28. The van der Waals surface area contributed by atoms with Gasteiger partial charge in [-0.25, -0.2) is 0 Å². The molecule has 3 fully saturated rings. The van der Waals surface area contributed by atoms with Crippen LogP contribution in [0.25, 0.3) is 0 Å². The highest BCUT2D eigenvalue weighted by atomic mass is 16.7. The fourth-order valence-electron chi connectivity index (χ4n) is 5.49. The van der Waals surface area contributed by atoms with Crippen LogP contribution in [0.4, 0.5) is 0 Å². The largest absolute Gasteiger partial charge is 0.481 e. The normalized spacial score (nSPS) is 39.6. The highest BCUT2D eigenvalue weighted by molar-refractivity contribution is 5.77. The zero-order valence-electron chi connectivity index (χ0n) is 26.8. The highest BCUT2D eigenvalue weighted by Gasteiger charge is 2.49. The molecule has 3 heterocycles. The topological polar surface area (TPSA) is 365 Å². The number of carboxylic acids is 1. The van der Waals surface area contributed by atoms with E-state index in [4.69, 9.17) is 33.5 Å². The number of carbonyl (C=O) groups excluding carboxylic acids is 1. The maximum atomic E-state index is 13.2. The van der Waals surface area contributed by atoms with Gasteiger partial charge in [0.1, 0.15) is 78.8 Å². The lowest BCUT2D eigenvalue weighted by molar-refractivity contribution is -0.324. The van der Waals surface area contributed by atoms with E-state index in [1.807, 2.05) is 0 Å². The Balaban J connectivity index is 1.93. The number of hydrogen-bond acceptors (Lipinski definition) is 20. The maximum absolute atomic E-state index is 13.2. The predicted octanol–water partition coefficient (Wildman–Crippen LogP) is -8.06. The fraction of sp³-hybridized carbons (Fsp3) is 0.929. The van der Waals surface area contributed by atoms with Crippen molar-refractivity contribution in [3.8, 4) is 0 Å². The first-order chi connectivity index (χ1) is 23.6. The average molecular weight is 736 g/mol. The first-order valence-corrected chi connectivity index (χ1v) is 15.9. The summed E-state index contributed by atoms with van der Waals surface area (Å²) in [7, 11) is 0. The van der Waals surface area contributed by atoms with Crippen molar-refractivity contribution in [2.24, 2.45) is 0 Å². The SMILES string of the molecule is O=C(O)CCCCC(=O)NC(CO[C@H]1O[C@H](CO)[C@@H](O)[C@H](O)[C@@H]1O)(CO[C@H]1O[C@H](CO)[C@@H](O)[C@H](O)[C@@H]1O)CO[C@H]1O[C@H](CO)[C@@H](O)[C@H](O)[C@@H]1O. The Morgan fingerprint density at radius 2 is 0.840 bits per heavy atom. The molecule has 3 aliphatic rings. The molecule has 0 saturated carbocycles. The van der Waals surface area contributed by atoms with E-state index >= 15 is 0 Å². The molecular formula is C28H49NO21. The summed E-state index contributed by atoms with van der Waals surface area (Å²) >= 11 is 0. The third kappa shape index (κ3) is 10.6. The van der Waals surface area contributed by atoms with Crippen LogP contribution >= 0.6 is 0 Å². The minimum Gasteiger partial charge on any atom is -0.481 e. The van der Waals surface area contributed by atoms with Gasteiger partial charge in [0, 0.05) is 12.8 Å². The number of rotatable bonds is 18. The second kappa shape index (κ2) is 19.3. The molecule has 0 aromatic rings. The molecule has 14 N–H and O–H groups in total. The van der Waals surface area contributed by atoms with Crippen LogP contribution < -0.4 is 5.32 Å². The predicted molar refractivity (Wildman–Crippen MR) is 156 cm³/mol. The minimum atomic E-state index is -2.04. The quantitative estimate of drug-likeness (QED) is 0.0581. The van der Waals surface area contributed by atoms with Gasteiger partial charge < -0.3 is 100 Å². The van der Waals surface area contributed by atoms with E-state index < -0.39 is 149 Å². The van der Waals surface area contributed by atoms with Crippen LogP contribution in [0, 0.1) is 0 Å². The minimum absolute atomic E-state index is 0.0723. The first kappa shape index (κ1) is 42.6. The molecule has 15 atom stereocenters. The monoisotopic (exact) mass is 735 g/mol. The molecule has 292 valence electrons. The second-order valence-electron chi connectivity index (χ2n) is 12.5. The molecule has 0 unspecified atom stereocenters. The van der Waals surface area contributed by atoms with Gasteiger partial charge in [-0.1, -0.05) is 0 Å². The van der Waals surface area contributed by atoms with E-state index in [9.17, 15) is 70.9 Å². The Morgan fingerprint density at radius 1 is 0.520 bits per heavy atom. The lowest BCUT2D eigenvalue weighted by atomic mass is 9.97. The number of ether oxygens (including phenoxy) is 6. The van der Waals surface area contributed by atoms with Crippen LogP contribution in [0.1, 0.15) is 25.7 Å². The number of carbonyl (C=O) groups is 2. The van der Waals surface area contributed by atoms with Crippen molar-refractivity contribution in [3.05, 3.63) is 0 Å². The van der Waals surface area contributed by atoms with Gasteiger partial charge in [-0.3, -0.25) is 9.59 Å². The lowest BCUT2D eigenvalue weighted by Gasteiger charge is -2.44. The molecule has 3 saturated heterocycles. The van der Waals surface area contributed by atoms with Crippen molar-refractivity contribution >= 4 is 11.9 Å². The van der Waals surface area contributed by atoms with Crippen molar-refractivity contribution in [3.63, 3.8) is 0 Å². The Hall–Kier alpha value is -1.78. The molecule has 22 heteroatoms. The number of amides is 1. The molecule has 22 nitrogen and oxygen atoms in total. The molecule has 0 bridgehead atoms. The van der Waals surface area contributed by atoms with E-state index in [1.54, 1.807) is 0 Å². The van der Waals surface area contributed by atoms with E-state index in [-0.39, 0.29) is 25.7 Å². The van der Waals surface area contributed by atoms with Crippen LogP contribution in [0.2, 0.25) is 0 Å². The van der Waals surface area contributed by atoms with E-state index in [0.29, 0.717) is 0 Å². The Labute approximate surface area is 284 Å². The summed E-state index contributed by atoms with van der Waals surface area (Å²) in [4.78, 5) is 24.2. The molecule has 0 aromatic heterocycles. The average Bonchev–Trinajstić information content (AvgIpc) is 3.09. The van der Waals surface area contributed by atoms with Crippen LogP contribution in [0.3, 0.4) is 0 Å². The van der Waals surface area contributed by atoms with E-state index in [2.05, 4.69) is 5.32 Å². The van der Waals surface area contributed by atoms with Gasteiger partial charge in [-0.15, -0.1) is 0 Å². The summed E-state index contributed by atoms with van der Waals surface area (Å²) in [6, 6.07) is 0. The number of unbranched alkanes of at least 4 members (excludes halogenated alkanes) is 1. The van der Waals surface area contributed by atoms with Gasteiger partial charge >= 0.3 is 5.97 Å². The van der Waals surface area contributed by atoms with Crippen molar-refractivity contribution < 1.29 is 104 Å². The van der Waals surface area contributed by atoms with Gasteiger partial charge in [0.25, 0.3) is 0 Å². The summed E-state index contributed by atoms with van der Waals surface area (Å²) in [6.07, 6.45) is -26.6. The summed E-state index contributed by atoms with van der Waals surface area (Å²) in [6.45, 7) is -4.89. The van der Waals surface area contributed by atoms with Crippen LogP contribution in [0.15, 0.2) is 0 Å². The second-order valence-corrected chi connectivity index (χ2v) is 12.5. The molecule has 1 amide bonds. The molecule has 0 radical (unpaired) electrons. The molecular weight excluding hydrogens is 686 g/mol. The van der Waals surface area contributed by atoms with Gasteiger partial charge in [0.2, 0.25) is 5.91 Å². The molecule has 3 aliphatic heterocycles. The van der Waals surface area contributed by atoms with Crippen LogP contribution in [-0.4, -0.2) is 216 Å². The number of nitrogens with one attached hydrogen (secondary N) is 1. The van der Waals surface area contributed by atoms with Crippen LogP contribution in [-0.2, 0) is 38.0 Å². The number of aliphatic hydroxyl groups is 12. The number of aliphatic carboxylic acids is 1. The fourth-order valence-corrected chi connectivity index (χ4v) is 5.49. The van der Waals surface area contributed by atoms with Crippen molar-refractivity contribution in [2.45, 2.75) is 123 Å². The van der Waals surface area contributed by atoms with Crippen LogP contribution in [0.5, 0.6) is 0 Å². The summed E-state index contributed by atoms with van der Waals surface area (Å²) in [5, 5.41) is 133. The zero-order valence-corrected chi connectivity index (χ0v) is 26.8. The Kier molecular flexibility index (Phi) is 16.5. The van der Waals surface area contributed by atoms with Gasteiger partial charge in [-0.05, 0) is 12.8 Å². The summed E-state index contributed by atoms with van der Waals surface area (Å²) < 4.78 is 33.2.